The number of nitrogens with one attached hydrogen (secondary N) is 1. The predicted octanol–water partition coefficient (Wildman–Crippen LogP) is 3.19. The Balaban J connectivity index is 1.61. The lowest BCUT2D eigenvalue weighted by Gasteiger charge is -2.64. The number of carboxylic acid groups (broad SMARTS) is 1. The molecule has 9 heteroatoms. The van der Waals surface area contributed by atoms with Gasteiger partial charge < -0.3 is 30.6 Å². The lowest BCUT2D eigenvalue weighted by Crippen LogP contribution is -2.65. The van der Waals surface area contributed by atoms with Gasteiger partial charge >= 0.3 is 5.97 Å². The van der Waals surface area contributed by atoms with E-state index in [0.717, 1.165) is 25.7 Å². The van der Waals surface area contributed by atoms with Gasteiger partial charge in [-0.2, -0.15) is 0 Å². The van der Waals surface area contributed by atoms with Crippen LogP contribution in [0.1, 0.15) is 98.8 Å². The highest BCUT2D eigenvalue weighted by molar-refractivity contribution is 5.84. The summed E-state index contributed by atoms with van der Waals surface area (Å²) in [7, 11) is 0. The first-order valence-corrected chi connectivity index (χ1v) is 16.0. The van der Waals surface area contributed by atoms with Crippen LogP contribution in [0.15, 0.2) is 0 Å². The number of amides is 2. The van der Waals surface area contributed by atoms with Crippen molar-refractivity contribution in [1.82, 2.24) is 10.2 Å². The Morgan fingerprint density at radius 2 is 1.71 bits per heavy atom. The zero-order chi connectivity index (χ0) is 30.3. The number of fused-ring (bicyclic) bond motifs is 5. The molecule has 0 spiro atoms. The number of unbranched alkanes of at least 4 members (excludes halogenated alkanes) is 1. The van der Waals surface area contributed by atoms with Crippen molar-refractivity contribution in [3.05, 3.63) is 0 Å². The summed E-state index contributed by atoms with van der Waals surface area (Å²) in [6, 6.07) is -0.377. The molecule has 12 atom stereocenters. The highest BCUT2D eigenvalue weighted by Gasteiger charge is 2.66. The number of aliphatic carboxylic acids is 1. The molecule has 4 unspecified atom stereocenters. The fourth-order valence-electron chi connectivity index (χ4n) is 10.1. The standard InChI is InChI=1S/C32H54N2O7/c1-6-7-12-34(28(39)17-33-19(3)35)24-16-31(4)20(13-25(24)36)14-26(37)30-22-10-9-21(18(2)8-11-29(40)41)32(22,5)27(38)15-23(30)31/h18,20-27,30,36-38H,6-17H2,1-5H3,(H,33,35)(H,40,41)/t18-,20+,21-,22?,23?,24?,25+,26-,27+,30?,31+,32-/m1/s1. The first-order valence-electron chi connectivity index (χ1n) is 16.0. The first-order chi connectivity index (χ1) is 19.2. The number of aliphatic hydroxyl groups is 3. The summed E-state index contributed by atoms with van der Waals surface area (Å²) in [5.74, 6) is -0.541. The second-order valence-corrected chi connectivity index (χ2v) is 14.4. The van der Waals surface area contributed by atoms with E-state index in [1.54, 1.807) is 4.90 Å². The van der Waals surface area contributed by atoms with Gasteiger partial charge in [-0.1, -0.05) is 34.1 Å². The van der Waals surface area contributed by atoms with Crippen molar-refractivity contribution in [2.75, 3.05) is 13.1 Å². The largest absolute Gasteiger partial charge is 0.481 e. The average Bonchev–Trinajstić information content (AvgIpc) is 3.26. The van der Waals surface area contributed by atoms with Gasteiger partial charge in [0.2, 0.25) is 11.8 Å². The van der Waals surface area contributed by atoms with Crippen LogP contribution in [-0.2, 0) is 14.4 Å². The molecule has 0 aromatic rings. The van der Waals surface area contributed by atoms with Crippen LogP contribution in [0.3, 0.4) is 0 Å². The molecule has 41 heavy (non-hydrogen) atoms. The quantitative estimate of drug-likeness (QED) is 0.267. The van der Waals surface area contributed by atoms with E-state index in [1.165, 1.54) is 6.92 Å². The van der Waals surface area contributed by atoms with Gasteiger partial charge in [0.15, 0.2) is 0 Å². The van der Waals surface area contributed by atoms with E-state index >= 15 is 0 Å². The van der Waals surface area contributed by atoms with Gasteiger partial charge in [0, 0.05) is 19.9 Å². The van der Waals surface area contributed by atoms with Crippen molar-refractivity contribution in [3.63, 3.8) is 0 Å². The van der Waals surface area contributed by atoms with E-state index in [4.69, 9.17) is 0 Å². The van der Waals surface area contributed by atoms with Crippen molar-refractivity contribution >= 4 is 17.8 Å². The summed E-state index contributed by atoms with van der Waals surface area (Å²) in [5.41, 5.74) is -0.639. The monoisotopic (exact) mass is 578 g/mol. The van der Waals surface area contributed by atoms with Gasteiger partial charge in [-0.25, -0.2) is 0 Å². The molecular formula is C32H54N2O7. The molecule has 0 aromatic heterocycles. The third kappa shape index (κ3) is 5.92. The molecule has 0 bridgehead atoms. The summed E-state index contributed by atoms with van der Waals surface area (Å²) < 4.78 is 0. The minimum atomic E-state index is -0.792. The van der Waals surface area contributed by atoms with E-state index in [1.807, 2.05) is 0 Å². The van der Waals surface area contributed by atoms with E-state index in [2.05, 4.69) is 33.0 Å². The molecule has 4 saturated carbocycles. The molecule has 9 nitrogen and oxygen atoms in total. The van der Waals surface area contributed by atoms with Crippen LogP contribution in [-0.4, -0.2) is 80.6 Å². The zero-order valence-electron chi connectivity index (χ0n) is 25.7. The van der Waals surface area contributed by atoms with Crippen LogP contribution in [0.4, 0.5) is 0 Å². The Morgan fingerprint density at radius 3 is 2.34 bits per heavy atom. The van der Waals surface area contributed by atoms with E-state index in [0.29, 0.717) is 38.6 Å². The van der Waals surface area contributed by atoms with Crippen molar-refractivity contribution in [1.29, 1.82) is 0 Å². The molecule has 0 heterocycles. The lowest BCUT2D eigenvalue weighted by atomic mass is 9.42. The van der Waals surface area contributed by atoms with Crippen LogP contribution >= 0.6 is 0 Å². The number of rotatable bonds is 10. The fraction of sp³-hybridized carbons (Fsp3) is 0.906. The third-order valence-electron chi connectivity index (χ3n) is 12.3. The molecule has 0 aliphatic heterocycles. The maximum Gasteiger partial charge on any atom is 0.303 e. The Bertz CT molecular complexity index is 976. The number of carbonyl (C=O) groups excluding carboxylic acids is 2. The molecule has 5 N–H and O–H groups in total. The van der Waals surface area contributed by atoms with Gasteiger partial charge in [-0.15, -0.1) is 0 Å². The SMILES string of the molecule is CCCCN(C(=O)CNC(C)=O)C1C[C@]2(C)C3C[C@H](O)[C@@]4(C)C(CC[C@@H]4[C@H](C)CCC(=O)O)C3[C@H](O)C[C@@H]2C[C@@H]1O. The number of carbonyl (C=O) groups is 3. The summed E-state index contributed by atoms with van der Waals surface area (Å²) >= 11 is 0. The maximum absolute atomic E-state index is 13.3. The molecule has 0 aromatic carbocycles. The fourth-order valence-corrected chi connectivity index (χ4v) is 10.1. The molecule has 4 aliphatic rings. The van der Waals surface area contributed by atoms with Gasteiger partial charge in [0.25, 0.3) is 0 Å². The van der Waals surface area contributed by atoms with Crippen LogP contribution in [0.2, 0.25) is 0 Å². The van der Waals surface area contributed by atoms with Gasteiger partial charge in [-0.05, 0) is 97.7 Å². The maximum atomic E-state index is 13.3. The zero-order valence-corrected chi connectivity index (χ0v) is 25.7. The lowest BCUT2D eigenvalue weighted by molar-refractivity contribution is -0.215. The van der Waals surface area contributed by atoms with E-state index in [9.17, 15) is 34.8 Å². The Morgan fingerprint density at radius 1 is 1.02 bits per heavy atom. The van der Waals surface area contributed by atoms with Gasteiger partial charge in [-0.3, -0.25) is 14.4 Å². The molecule has 4 aliphatic carbocycles. The molecule has 4 fully saturated rings. The Hall–Kier alpha value is -1.71. The second kappa shape index (κ2) is 12.5. The Kier molecular flexibility index (Phi) is 9.81. The van der Waals surface area contributed by atoms with Crippen LogP contribution in [0.25, 0.3) is 0 Å². The number of hydrogen-bond acceptors (Lipinski definition) is 6. The molecule has 2 amide bonds. The van der Waals surface area contributed by atoms with Crippen LogP contribution < -0.4 is 5.32 Å². The van der Waals surface area contributed by atoms with Crippen molar-refractivity contribution in [2.24, 2.45) is 46.3 Å². The number of carboxylic acids is 1. The van der Waals surface area contributed by atoms with Gasteiger partial charge in [0.05, 0.1) is 30.9 Å². The van der Waals surface area contributed by atoms with Crippen molar-refractivity contribution in [3.8, 4) is 0 Å². The average molecular weight is 579 g/mol. The number of aliphatic hydroxyl groups excluding tert-OH is 3. The highest BCUT2D eigenvalue weighted by atomic mass is 16.4. The Labute approximate surface area is 245 Å². The van der Waals surface area contributed by atoms with Crippen molar-refractivity contribution in [2.45, 2.75) is 123 Å². The summed E-state index contributed by atoms with van der Waals surface area (Å²) in [6.45, 7) is 10.4. The summed E-state index contributed by atoms with van der Waals surface area (Å²) in [5, 5.41) is 46.8. The molecule has 0 radical (unpaired) electrons. The summed E-state index contributed by atoms with van der Waals surface area (Å²) in [6.07, 6.45) is 4.79. The van der Waals surface area contributed by atoms with Crippen LogP contribution in [0.5, 0.6) is 0 Å². The summed E-state index contributed by atoms with van der Waals surface area (Å²) in [4.78, 5) is 37.9. The number of nitrogens with zero attached hydrogens (tertiary/aromatic N) is 1. The van der Waals surface area contributed by atoms with Crippen molar-refractivity contribution < 1.29 is 34.8 Å². The minimum absolute atomic E-state index is 0.0244. The topological polar surface area (TPSA) is 147 Å². The minimum Gasteiger partial charge on any atom is -0.481 e. The predicted molar refractivity (Wildman–Crippen MR) is 155 cm³/mol. The third-order valence-corrected chi connectivity index (χ3v) is 12.3. The second-order valence-electron chi connectivity index (χ2n) is 14.4. The van der Waals surface area contributed by atoms with Gasteiger partial charge in [0.1, 0.15) is 0 Å². The highest BCUT2D eigenvalue weighted by Crippen LogP contribution is 2.68. The van der Waals surface area contributed by atoms with E-state index in [-0.39, 0.29) is 77.2 Å². The molecule has 0 saturated heterocycles. The molecular weight excluding hydrogens is 524 g/mol. The normalized spacial score (nSPS) is 42.4. The van der Waals surface area contributed by atoms with E-state index < -0.39 is 24.3 Å². The number of hydrogen-bond donors (Lipinski definition) is 5. The molecule has 4 rings (SSSR count). The smallest absolute Gasteiger partial charge is 0.303 e. The first kappa shape index (κ1) is 32.2. The molecule has 234 valence electrons. The van der Waals surface area contributed by atoms with Crippen LogP contribution in [0, 0.1) is 46.3 Å².